The molecule has 0 radical (unpaired) electrons. The van der Waals surface area contributed by atoms with Crippen molar-refractivity contribution in [3.8, 4) is 17.0 Å². The van der Waals surface area contributed by atoms with Gasteiger partial charge in [0.15, 0.2) is 0 Å². The van der Waals surface area contributed by atoms with E-state index in [0.717, 1.165) is 21.2 Å². The van der Waals surface area contributed by atoms with Crippen molar-refractivity contribution in [2.24, 2.45) is 0 Å². The number of imidazole rings is 1. The van der Waals surface area contributed by atoms with E-state index in [1.165, 1.54) is 30.6 Å². The minimum Gasteiger partial charge on any atom is -0.497 e. The molecule has 9 heteroatoms. The van der Waals surface area contributed by atoms with Crippen molar-refractivity contribution in [3.63, 3.8) is 0 Å². The molecule has 144 valence electrons. The predicted octanol–water partition coefficient (Wildman–Crippen LogP) is 3.25. The molecule has 0 saturated carbocycles. The van der Waals surface area contributed by atoms with Gasteiger partial charge in [0, 0.05) is 5.56 Å². The fourth-order valence-electron chi connectivity index (χ4n) is 2.87. The van der Waals surface area contributed by atoms with Crippen molar-refractivity contribution in [2.45, 2.75) is 18.4 Å². The topological polar surface area (TPSA) is 85.6 Å². The lowest BCUT2D eigenvalue weighted by atomic mass is 10.1. The Morgan fingerprint density at radius 3 is 2.50 bits per heavy atom. The summed E-state index contributed by atoms with van der Waals surface area (Å²) in [6, 6.07) is 15.9. The number of ether oxygens (including phenoxy) is 1. The molecule has 0 aliphatic heterocycles. The number of nitrogens with zero attached hydrogens (tertiary/aromatic N) is 3. The van der Waals surface area contributed by atoms with Crippen molar-refractivity contribution < 1.29 is 13.2 Å². The summed E-state index contributed by atoms with van der Waals surface area (Å²) in [5.74, 6) is 0.598. The monoisotopic (exact) mass is 414 g/mol. The summed E-state index contributed by atoms with van der Waals surface area (Å²) < 4.78 is 34.9. The fourth-order valence-corrected chi connectivity index (χ4v) is 4.62. The zero-order valence-corrected chi connectivity index (χ0v) is 16.9. The van der Waals surface area contributed by atoms with Gasteiger partial charge in [0.25, 0.3) is 0 Å². The lowest BCUT2D eigenvalue weighted by Gasteiger charge is -2.08. The second kappa shape index (κ2) is 7.34. The van der Waals surface area contributed by atoms with Crippen LogP contribution in [0.5, 0.6) is 5.75 Å². The van der Waals surface area contributed by atoms with Gasteiger partial charge in [0.05, 0.1) is 29.9 Å². The largest absolute Gasteiger partial charge is 0.497 e. The third-order valence-electron chi connectivity index (χ3n) is 4.24. The Morgan fingerprint density at radius 2 is 1.82 bits per heavy atom. The Bertz CT molecular complexity index is 1210. The Morgan fingerprint density at radius 1 is 1.11 bits per heavy atom. The number of aryl methyl sites for hydroxylation is 1. The second-order valence-corrected chi connectivity index (χ2v) is 9.02. The molecule has 0 spiro atoms. The average molecular weight is 415 g/mol. The van der Waals surface area contributed by atoms with Crippen molar-refractivity contribution in [3.05, 3.63) is 65.3 Å². The van der Waals surface area contributed by atoms with Gasteiger partial charge in [-0.05, 0) is 31.2 Å². The van der Waals surface area contributed by atoms with E-state index in [2.05, 4.69) is 14.8 Å². The van der Waals surface area contributed by atoms with Crippen LogP contribution in [0.15, 0.2) is 59.5 Å². The first-order valence-corrected chi connectivity index (χ1v) is 10.8. The number of hydrogen-bond acceptors (Lipinski definition) is 6. The summed E-state index contributed by atoms with van der Waals surface area (Å²) >= 11 is 1.47. The van der Waals surface area contributed by atoms with Crippen LogP contribution in [0.1, 0.15) is 10.7 Å². The number of nitrogens with one attached hydrogen (secondary N) is 1. The van der Waals surface area contributed by atoms with E-state index in [0.29, 0.717) is 11.4 Å². The first-order chi connectivity index (χ1) is 13.5. The zero-order chi connectivity index (χ0) is 19.7. The predicted molar refractivity (Wildman–Crippen MR) is 108 cm³/mol. The van der Waals surface area contributed by atoms with Gasteiger partial charge >= 0.3 is 0 Å². The van der Waals surface area contributed by atoms with Gasteiger partial charge in [-0.1, -0.05) is 41.7 Å². The quantitative estimate of drug-likeness (QED) is 0.523. The van der Waals surface area contributed by atoms with Gasteiger partial charge in [-0.25, -0.2) is 22.6 Å². The molecule has 0 unspecified atom stereocenters. The van der Waals surface area contributed by atoms with E-state index in [9.17, 15) is 8.42 Å². The molecule has 1 N–H and O–H groups in total. The van der Waals surface area contributed by atoms with Crippen LogP contribution in [0, 0.1) is 6.92 Å². The molecule has 0 aliphatic rings. The van der Waals surface area contributed by atoms with Crippen LogP contribution in [-0.4, -0.2) is 30.1 Å². The average Bonchev–Trinajstić information content (AvgIpc) is 3.23. The molecule has 28 heavy (non-hydrogen) atoms. The maximum Gasteiger partial charge on any atom is 0.240 e. The van der Waals surface area contributed by atoms with Crippen molar-refractivity contribution in [1.82, 2.24) is 19.3 Å². The van der Waals surface area contributed by atoms with Crippen LogP contribution in [-0.2, 0) is 16.6 Å². The molecule has 0 amide bonds. The number of methoxy groups -OCH3 is 1. The second-order valence-electron chi connectivity index (χ2n) is 6.09. The lowest BCUT2D eigenvalue weighted by molar-refractivity contribution is 0.414. The molecule has 2 heterocycles. The molecule has 7 nitrogen and oxygen atoms in total. The molecule has 0 bridgehead atoms. The third kappa shape index (κ3) is 3.51. The van der Waals surface area contributed by atoms with Crippen molar-refractivity contribution in [1.29, 1.82) is 0 Å². The molecular weight excluding hydrogens is 396 g/mol. The van der Waals surface area contributed by atoms with Gasteiger partial charge in [0.2, 0.25) is 15.0 Å². The molecular formula is C19H18N4O3S2. The Hall–Kier alpha value is -2.75. The molecule has 0 atom stereocenters. The highest BCUT2D eigenvalue weighted by Crippen LogP contribution is 2.27. The van der Waals surface area contributed by atoms with Crippen LogP contribution in [0.2, 0.25) is 0 Å². The number of benzene rings is 2. The SMILES string of the molecule is COc1ccc(S(=O)(=O)NCc2c(-c3ccccc3)nc3sc(C)nn23)cc1. The molecule has 4 rings (SSSR count). The minimum absolute atomic E-state index is 0.0724. The first-order valence-electron chi connectivity index (χ1n) is 8.52. The van der Waals surface area contributed by atoms with Gasteiger partial charge in [0.1, 0.15) is 10.8 Å². The van der Waals surface area contributed by atoms with Crippen LogP contribution >= 0.6 is 11.3 Å². The fraction of sp³-hybridized carbons (Fsp3) is 0.158. The summed E-state index contributed by atoms with van der Waals surface area (Å²) in [5, 5.41) is 5.34. The maximum absolute atomic E-state index is 12.7. The zero-order valence-electron chi connectivity index (χ0n) is 15.3. The first kappa shape index (κ1) is 18.6. The summed E-state index contributed by atoms with van der Waals surface area (Å²) in [6.45, 7) is 1.97. The standard InChI is InChI=1S/C19H18N4O3S2/c1-13-22-23-17(18(21-19(23)27-13)14-6-4-3-5-7-14)12-20-28(24,25)16-10-8-15(26-2)9-11-16/h3-11,20H,12H2,1-2H3. The van der Waals surface area contributed by atoms with E-state index < -0.39 is 10.0 Å². The number of aromatic nitrogens is 3. The highest BCUT2D eigenvalue weighted by atomic mass is 32.2. The smallest absolute Gasteiger partial charge is 0.240 e. The van der Waals surface area contributed by atoms with Crippen LogP contribution < -0.4 is 9.46 Å². The van der Waals surface area contributed by atoms with E-state index >= 15 is 0 Å². The van der Waals surface area contributed by atoms with E-state index in [4.69, 9.17) is 4.74 Å². The van der Waals surface area contributed by atoms with E-state index in [-0.39, 0.29) is 11.4 Å². The van der Waals surface area contributed by atoms with Gasteiger partial charge < -0.3 is 4.74 Å². The highest BCUT2D eigenvalue weighted by molar-refractivity contribution is 7.89. The minimum atomic E-state index is -3.69. The molecule has 4 aromatic rings. The lowest BCUT2D eigenvalue weighted by Crippen LogP contribution is -2.24. The molecule has 0 aliphatic carbocycles. The van der Waals surface area contributed by atoms with E-state index in [1.54, 1.807) is 16.6 Å². The number of hydrogen-bond donors (Lipinski definition) is 1. The molecule has 0 saturated heterocycles. The van der Waals surface area contributed by atoms with Crippen LogP contribution in [0.3, 0.4) is 0 Å². The number of sulfonamides is 1. The van der Waals surface area contributed by atoms with Crippen LogP contribution in [0.4, 0.5) is 0 Å². The summed E-state index contributed by atoms with van der Waals surface area (Å²) in [7, 11) is -2.16. The number of fused-ring (bicyclic) bond motifs is 1. The van der Waals surface area contributed by atoms with Gasteiger partial charge in [-0.2, -0.15) is 5.10 Å². The Kier molecular flexibility index (Phi) is 4.88. The Labute approximate surface area is 166 Å². The summed E-state index contributed by atoms with van der Waals surface area (Å²) in [4.78, 5) is 5.57. The molecule has 2 aromatic carbocycles. The Balaban J connectivity index is 1.68. The van der Waals surface area contributed by atoms with E-state index in [1.807, 2.05) is 37.3 Å². The maximum atomic E-state index is 12.7. The van der Waals surface area contributed by atoms with Gasteiger partial charge in [-0.3, -0.25) is 0 Å². The normalized spacial score (nSPS) is 11.8. The van der Waals surface area contributed by atoms with Crippen molar-refractivity contribution in [2.75, 3.05) is 7.11 Å². The van der Waals surface area contributed by atoms with Gasteiger partial charge in [-0.15, -0.1) is 0 Å². The molecule has 2 aromatic heterocycles. The summed E-state index contributed by atoms with van der Waals surface area (Å²) in [6.07, 6.45) is 0. The van der Waals surface area contributed by atoms with Crippen LogP contribution in [0.25, 0.3) is 16.2 Å². The summed E-state index contributed by atoms with van der Waals surface area (Å²) in [5.41, 5.74) is 2.33. The van der Waals surface area contributed by atoms with Crippen molar-refractivity contribution >= 4 is 26.3 Å². The number of rotatable bonds is 6. The third-order valence-corrected chi connectivity index (χ3v) is 6.49. The highest BCUT2D eigenvalue weighted by Gasteiger charge is 2.20. The molecule has 0 fully saturated rings.